The predicted octanol–water partition coefficient (Wildman–Crippen LogP) is 1.25. The minimum absolute atomic E-state index is 0.0730. The van der Waals surface area contributed by atoms with Gasteiger partial charge in [0.05, 0.1) is 6.04 Å². The Hall–Kier alpha value is -3.88. The van der Waals surface area contributed by atoms with Gasteiger partial charge in [0, 0.05) is 16.7 Å². The molecule has 9 heteroatoms. The van der Waals surface area contributed by atoms with Crippen LogP contribution in [0.25, 0.3) is 0 Å². The summed E-state index contributed by atoms with van der Waals surface area (Å²) in [6.45, 7) is 1.08. The van der Waals surface area contributed by atoms with Gasteiger partial charge in [-0.1, -0.05) is 29.4 Å². The summed E-state index contributed by atoms with van der Waals surface area (Å²) in [5, 5.41) is 22.7. The molecule has 1 atom stereocenters. The van der Waals surface area contributed by atoms with Crippen LogP contribution < -0.4 is 15.8 Å². The first kappa shape index (κ1) is 20.4. The minimum atomic E-state index is -1.10. The second-order valence-corrected chi connectivity index (χ2v) is 5.83. The molecule has 2 aromatic rings. The number of oxime groups is 1. The average molecular weight is 385 g/mol. The zero-order valence-corrected chi connectivity index (χ0v) is 15.0. The lowest BCUT2D eigenvalue weighted by Gasteiger charge is -2.13. The molecule has 0 unspecified atom stereocenters. The second-order valence-electron chi connectivity index (χ2n) is 5.83. The highest BCUT2D eigenvalue weighted by Crippen LogP contribution is 2.13. The van der Waals surface area contributed by atoms with Crippen LogP contribution in [0.5, 0.6) is 5.75 Å². The van der Waals surface area contributed by atoms with Gasteiger partial charge in [-0.2, -0.15) is 0 Å². The molecule has 1 amide bonds. The fourth-order valence-corrected chi connectivity index (χ4v) is 2.31. The van der Waals surface area contributed by atoms with Crippen LogP contribution >= 0.6 is 0 Å². The number of nitrogens with two attached hydrogens (primary N) is 1. The molecule has 0 spiro atoms. The molecule has 9 nitrogen and oxygen atoms in total. The number of nitrogens with one attached hydrogen (secondary N) is 1. The number of carbonyl (C=O) groups excluding carboxylic acids is 2. The van der Waals surface area contributed by atoms with Gasteiger partial charge >= 0.3 is 5.97 Å². The number of hydrogen-bond donors (Lipinski definition) is 4. The van der Waals surface area contributed by atoms with Gasteiger partial charge in [-0.25, -0.2) is 4.79 Å². The van der Waals surface area contributed by atoms with Gasteiger partial charge in [-0.05, 0) is 31.2 Å². The smallest absolute Gasteiger partial charge is 0.341 e. The Morgan fingerprint density at radius 1 is 1.04 bits per heavy atom. The number of hydrogen-bond acceptors (Lipinski definition) is 6. The normalized spacial score (nSPS) is 12.1. The first-order valence-electron chi connectivity index (χ1n) is 8.19. The Balaban J connectivity index is 1.99. The third kappa shape index (κ3) is 5.31. The van der Waals surface area contributed by atoms with E-state index in [9.17, 15) is 14.4 Å². The molecule has 5 N–H and O–H groups in total. The van der Waals surface area contributed by atoms with Crippen LogP contribution in [0, 0.1) is 0 Å². The molecule has 28 heavy (non-hydrogen) atoms. The third-order valence-electron chi connectivity index (χ3n) is 3.79. The van der Waals surface area contributed by atoms with E-state index >= 15 is 0 Å². The van der Waals surface area contributed by atoms with Crippen molar-refractivity contribution < 1.29 is 29.4 Å². The summed E-state index contributed by atoms with van der Waals surface area (Å²) in [6, 6.07) is 11.2. The van der Waals surface area contributed by atoms with Crippen LogP contribution in [0.15, 0.2) is 53.7 Å². The van der Waals surface area contributed by atoms with Crippen LogP contribution in [0.4, 0.5) is 0 Å². The maximum absolute atomic E-state index is 12.5. The number of aliphatic carboxylic acids is 1. The van der Waals surface area contributed by atoms with Crippen molar-refractivity contribution in [3.63, 3.8) is 0 Å². The van der Waals surface area contributed by atoms with Gasteiger partial charge in [-0.3, -0.25) is 9.59 Å². The maximum atomic E-state index is 12.5. The number of amidine groups is 1. The fourth-order valence-electron chi connectivity index (χ4n) is 2.31. The lowest BCUT2D eigenvalue weighted by Crippen LogP contribution is -2.38. The molecule has 0 heterocycles. The lowest BCUT2D eigenvalue weighted by molar-refractivity contribution is -0.139. The molecule has 0 fully saturated rings. The number of nitrogens with zero attached hydrogens (tertiary/aromatic N) is 1. The molecule has 0 saturated carbocycles. The van der Waals surface area contributed by atoms with E-state index in [1.54, 1.807) is 6.92 Å². The highest BCUT2D eigenvalue weighted by Gasteiger charge is 2.18. The van der Waals surface area contributed by atoms with E-state index in [-0.39, 0.29) is 11.6 Å². The van der Waals surface area contributed by atoms with Crippen molar-refractivity contribution in [3.05, 3.63) is 65.2 Å². The topological polar surface area (TPSA) is 151 Å². The number of carboxylic acids is 1. The Morgan fingerprint density at radius 3 is 2.11 bits per heavy atom. The predicted molar refractivity (Wildman–Crippen MR) is 99.8 cm³/mol. The molecule has 0 bridgehead atoms. The summed E-state index contributed by atoms with van der Waals surface area (Å²) in [5.74, 6) is -1.63. The van der Waals surface area contributed by atoms with Gasteiger partial charge < -0.3 is 26.1 Å². The molecule has 0 aliphatic heterocycles. The summed E-state index contributed by atoms with van der Waals surface area (Å²) in [4.78, 5) is 35.2. The number of benzene rings is 2. The standard InChI is InChI=1S/C19H19N3O6/c1-11(17(25)12-2-4-13(5-3-12)18(20)22-27)21-19(26)14-6-8-15(9-7-14)28-10-16(23)24/h2-9,11,27H,10H2,1H3,(H2,20,22)(H,21,26)(H,23,24)/t11-/m1/s1. The summed E-state index contributed by atoms with van der Waals surface area (Å²) < 4.78 is 5.00. The zero-order chi connectivity index (χ0) is 20.7. The summed E-state index contributed by atoms with van der Waals surface area (Å²) in [5.41, 5.74) is 6.59. The van der Waals surface area contributed by atoms with Crippen molar-refractivity contribution in [1.82, 2.24) is 5.32 Å². The maximum Gasteiger partial charge on any atom is 0.341 e. The van der Waals surface area contributed by atoms with E-state index in [0.717, 1.165) is 0 Å². The Bertz CT molecular complexity index is 891. The Morgan fingerprint density at radius 2 is 1.57 bits per heavy atom. The quantitative estimate of drug-likeness (QED) is 0.175. The van der Waals surface area contributed by atoms with Crippen LogP contribution in [0.3, 0.4) is 0 Å². The van der Waals surface area contributed by atoms with Crippen molar-refractivity contribution in [2.45, 2.75) is 13.0 Å². The van der Waals surface area contributed by atoms with Crippen LogP contribution in [-0.2, 0) is 4.79 Å². The minimum Gasteiger partial charge on any atom is -0.482 e. The van der Waals surface area contributed by atoms with E-state index in [1.807, 2.05) is 0 Å². The number of ether oxygens (including phenoxy) is 1. The van der Waals surface area contributed by atoms with Crippen molar-refractivity contribution >= 4 is 23.5 Å². The summed E-state index contributed by atoms with van der Waals surface area (Å²) >= 11 is 0. The Kier molecular flexibility index (Phi) is 6.69. The van der Waals surface area contributed by atoms with Gasteiger partial charge in [0.25, 0.3) is 5.91 Å². The largest absolute Gasteiger partial charge is 0.482 e. The highest BCUT2D eigenvalue weighted by molar-refractivity contribution is 6.05. The average Bonchev–Trinajstić information content (AvgIpc) is 2.71. The monoisotopic (exact) mass is 385 g/mol. The van der Waals surface area contributed by atoms with Crippen LogP contribution in [0.1, 0.15) is 33.2 Å². The number of ketones is 1. The molecule has 0 aliphatic rings. The van der Waals surface area contributed by atoms with Crippen molar-refractivity contribution in [3.8, 4) is 5.75 Å². The molecule has 0 saturated heterocycles. The number of amides is 1. The van der Waals surface area contributed by atoms with E-state index in [2.05, 4.69) is 10.5 Å². The number of rotatable bonds is 8. The molecular formula is C19H19N3O6. The Labute approximate surface area is 160 Å². The molecule has 2 rings (SSSR count). The molecule has 0 aromatic heterocycles. The van der Waals surface area contributed by atoms with E-state index in [0.29, 0.717) is 22.4 Å². The van der Waals surface area contributed by atoms with E-state index < -0.39 is 24.5 Å². The number of carboxylic acid groups (broad SMARTS) is 1. The van der Waals surface area contributed by atoms with E-state index in [1.165, 1.54) is 48.5 Å². The van der Waals surface area contributed by atoms with Crippen LogP contribution in [0.2, 0.25) is 0 Å². The summed E-state index contributed by atoms with van der Waals surface area (Å²) in [7, 11) is 0. The molecular weight excluding hydrogens is 366 g/mol. The second kappa shape index (κ2) is 9.17. The molecule has 2 aromatic carbocycles. The van der Waals surface area contributed by atoms with Crippen LogP contribution in [-0.4, -0.2) is 46.5 Å². The molecule has 0 aliphatic carbocycles. The molecule has 146 valence electrons. The first-order valence-corrected chi connectivity index (χ1v) is 8.19. The van der Waals surface area contributed by atoms with Crippen molar-refractivity contribution in [1.29, 1.82) is 0 Å². The third-order valence-corrected chi connectivity index (χ3v) is 3.79. The highest BCUT2D eigenvalue weighted by atomic mass is 16.5. The lowest BCUT2D eigenvalue weighted by atomic mass is 10.0. The van der Waals surface area contributed by atoms with Crippen molar-refractivity contribution in [2.75, 3.05) is 6.61 Å². The number of carbonyl (C=O) groups is 3. The zero-order valence-electron chi connectivity index (χ0n) is 15.0. The summed E-state index contributed by atoms with van der Waals surface area (Å²) in [6.07, 6.45) is 0. The number of Topliss-reactive ketones (excluding diaryl/α,β-unsaturated/α-hetero) is 1. The first-order chi connectivity index (χ1) is 13.3. The van der Waals surface area contributed by atoms with Crippen molar-refractivity contribution in [2.24, 2.45) is 10.9 Å². The van der Waals surface area contributed by atoms with Gasteiger partial charge in [0.2, 0.25) is 0 Å². The van der Waals surface area contributed by atoms with Gasteiger partial charge in [-0.15, -0.1) is 0 Å². The van der Waals surface area contributed by atoms with E-state index in [4.69, 9.17) is 20.8 Å². The SMILES string of the molecule is C[C@@H](NC(=O)c1ccc(OCC(=O)O)cc1)C(=O)c1ccc(C(N)=NO)cc1. The van der Waals surface area contributed by atoms with Gasteiger partial charge in [0.1, 0.15) is 5.75 Å². The molecule has 0 radical (unpaired) electrons. The van der Waals surface area contributed by atoms with Gasteiger partial charge in [0.15, 0.2) is 18.2 Å². The fraction of sp³-hybridized carbons (Fsp3) is 0.158.